The van der Waals surface area contributed by atoms with Gasteiger partial charge < -0.3 is 5.32 Å². The van der Waals surface area contributed by atoms with Gasteiger partial charge in [0.05, 0.1) is 5.39 Å². The van der Waals surface area contributed by atoms with Crippen molar-refractivity contribution in [1.82, 2.24) is 19.5 Å². The molecule has 1 N–H and O–H groups in total. The summed E-state index contributed by atoms with van der Waals surface area (Å²) in [7, 11) is 0. The SMILES string of the molecule is Cl/C=C/CCCc1csc2nc(-n3ccnc3)nc(NCc3ccccc3)c12. The molecule has 4 rings (SSSR count). The number of benzene rings is 1. The van der Waals surface area contributed by atoms with Crippen LogP contribution in [0.4, 0.5) is 5.82 Å². The van der Waals surface area contributed by atoms with Crippen LogP contribution >= 0.6 is 22.9 Å². The first-order valence-corrected chi connectivity index (χ1v) is 10.5. The maximum absolute atomic E-state index is 5.63. The molecule has 0 bridgehead atoms. The van der Waals surface area contributed by atoms with Crippen LogP contribution < -0.4 is 5.32 Å². The van der Waals surface area contributed by atoms with Gasteiger partial charge in [0, 0.05) is 24.5 Å². The van der Waals surface area contributed by atoms with Crippen LogP contribution in [0.1, 0.15) is 24.0 Å². The number of thiophene rings is 1. The smallest absolute Gasteiger partial charge is 0.238 e. The number of fused-ring (bicyclic) bond motifs is 1. The van der Waals surface area contributed by atoms with Gasteiger partial charge in [-0.05, 0) is 35.8 Å². The van der Waals surface area contributed by atoms with Crippen molar-refractivity contribution in [1.29, 1.82) is 0 Å². The molecule has 3 aromatic heterocycles. The molecular weight excluding hydrogens is 390 g/mol. The van der Waals surface area contributed by atoms with Gasteiger partial charge in [0.2, 0.25) is 5.95 Å². The van der Waals surface area contributed by atoms with Gasteiger partial charge in [0.1, 0.15) is 17.0 Å². The Balaban J connectivity index is 1.68. The van der Waals surface area contributed by atoms with Crippen LogP contribution in [0.25, 0.3) is 16.2 Å². The standard InChI is InChI=1S/C21H20ClN5S/c22-10-6-2-5-9-17-14-28-20-18(17)19(24-13-16-7-3-1-4-8-16)25-21(26-20)27-12-11-23-15-27/h1,3-4,6-8,10-12,14-15H,2,5,9,13H2,(H,24,25,26)/b10-6+. The number of unbranched alkanes of at least 4 members (excludes halogenated alkanes) is 1. The van der Waals surface area contributed by atoms with Crippen molar-refractivity contribution in [3.8, 4) is 5.95 Å². The number of halogens is 1. The summed E-state index contributed by atoms with van der Waals surface area (Å²) in [5.74, 6) is 1.49. The molecule has 5 nitrogen and oxygen atoms in total. The van der Waals surface area contributed by atoms with Crippen molar-refractivity contribution < 1.29 is 0 Å². The number of aryl methyl sites for hydroxylation is 1. The third-order valence-corrected chi connectivity index (χ3v) is 5.54. The van der Waals surface area contributed by atoms with Gasteiger partial charge in [-0.1, -0.05) is 48.0 Å². The van der Waals surface area contributed by atoms with Crippen LogP contribution in [0, 0.1) is 0 Å². The Kier molecular flexibility index (Phi) is 5.99. The predicted octanol–water partition coefficient (Wildman–Crippen LogP) is 5.56. The van der Waals surface area contributed by atoms with Crippen LogP contribution in [0.15, 0.2) is 66.0 Å². The summed E-state index contributed by atoms with van der Waals surface area (Å²) in [6, 6.07) is 10.3. The molecule has 0 unspecified atom stereocenters. The number of nitrogens with zero attached hydrogens (tertiary/aromatic N) is 4. The van der Waals surface area contributed by atoms with E-state index in [4.69, 9.17) is 21.6 Å². The van der Waals surface area contributed by atoms with Crippen molar-refractivity contribution >= 4 is 39.0 Å². The van der Waals surface area contributed by atoms with E-state index in [2.05, 4.69) is 27.8 Å². The van der Waals surface area contributed by atoms with E-state index in [0.717, 1.165) is 35.3 Å². The predicted molar refractivity (Wildman–Crippen MR) is 116 cm³/mol. The second-order valence-electron chi connectivity index (χ2n) is 6.38. The Hall–Kier alpha value is -2.70. The number of hydrogen-bond acceptors (Lipinski definition) is 5. The molecule has 3 heterocycles. The lowest BCUT2D eigenvalue weighted by atomic mass is 10.1. The number of anilines is 1. The van der Waals surface area contributed by atoms with Crippen molar-refractivity contribution in [2.75, 3.05) is 5.32 Å². The second-order valence-corrected chi connectivity index (χ2v) is 7.49. The lowest BCUT2D eigenvalue weighted by molar-refractivity contribution is 0.850. The van der Waals surface area contributed by atoms with E-state index in [-0.39, 0.29) is 0 Å². The zero-order valence-corrected chi connectivity index (χ0v) is 16.8. The number of imidazole rings is 1. The minimum absolute atomic E-state index is 0.624. The monoisotopic (exact) mass is 409 g/mol. The minimum atomic E-state index is 0.624. The lowest BCUT2D eigenvalue weighted by Gasteiger charge is -2.11. The normalized spacial score (nSPS) is 11.5. The quantitative estimate of drug-likeness (QED) is 0.387. The third kappa shape index (κ3) is 4.24. The van der Waals surface area contributed by atoms with E-state index in [9.17, 15) is 0 Å². The molecule has 1 aromatic carbocycles. The highest BCUT2D eigenvalue weighted by atomic mass is 35.5. The van der Waals surface area contributed by atoms with Crippen LogP contribution in [0.2, 0.25) is 0 Å². The third-order valence-electron chi connectivity index (χ3n) is 4.44. The molecule has 0 aliphatic rings. The van der Waals surface area contributed by atoms with E-state index >= 15 is 0 Å². The fraction of sp³-hybridized carbons (Fsp3) is 0.190. The van der Waals surface area contributed by atoms with Gasteiger partial charge in [-0.25, -0.2) is 9.97 Å². The zero-order valence-electron chi connectivity index (χ0n) is 15.3. The molecule has 7 heteroatoms. The fourth-order valence-corrected chi connectivity index (χ4v) is 4.14. The Morgan fingerprint density at radius 2 is 2.07 bits per heavy atom. The molecular formula is C21H20ClN5S. The molecule has 0 fully saturated rings. The minimum Gasteiger partial charge on any atom is -0.365 e. The summed E-state index contributed by atoms with van der Waals surface area (Å²) in [5.41, 5.74) is 4.07. The number of nitrogens with one attached hydrogen (secondary N) is 1. The molecule has 0 amide bonds. The highest BCUT2D eigenvalue weighted by Crippen LogP contribution is 2.32. The first-order valence-electron chi connectivity index (χ1n) is 9.14. The number of aromatic nitrogens is 4. The summed E-state index contributed by atoms with van der Waals surface area (Å²) < 4.78 is 1.83. The number of allylic oxidation sites excluding steroid dienone is 1. The average Bonchev–Trinajstić information content (AvgIpc) is 3.40. The van der Waals surface area contributed by atoms with Crippen LogP contribution in [0.3, 0.4) is 0 Å². The topological polar surface area (TPSA) is 55.6 Å². The Bertz CT molecular complexity index is 1060. The molecule has 0 spiro atoms. The molecule has 0 aliphatic carbocycles. The highest BCUT2D eigenvalue weighted by Gasteiger charge is 2.15. The van der Waals surface area contributed by atoms with Crippen LogP contribution in [0.5, 0.6) is 0 Å². The van der Waals surface area contributed by atoms with Gasteiger partial charge in [-0.15, -0.1) is 11.3 Å². The number of rotatable bonds is 8. The summed E-state index contributed by atoms with van der Waals surface area (Å²) in [6.07, 6.45) is 10.3. The van der Waals surface area contributed by atoms with Gasteiger partial charge in [0.25, 0.3) is 0 Å². The van der Waals surface area contributed by atoms with Crippen molar-refractivity contribution in [2.45, 2.75) is 25.8 Å². The van der Waals surface area contributed by atoms with Crippen LogP contribution in [-0.2, 0) is 13.0 Å². The molecule has 4 aromatic rings. The molecule has 0 saturated heterocycles. The molecule has 0 aliphatic heterocycles. The molecule has 142 valence electrons. The first kappa shape index (κ1) is 18.7. The van der Waals surface area contributed by atoms with Crippen molar-refractivity contribution in [3.63, 3.8) is 0 Å². The maximum atomic E-state index is 5.63. The molecule has 0 radical (unpaired) electrons. The molecule has 0 saturated carbocycles. The van der Waals surface area contributed by atoms with E-state index in [1.165, 1.54) is 11.1 Å². The Morgan fingerprint density at radius 1 is 1.18 bits per heavy atom. The van der Waals surface area contributed by atoms with Gasteiger partial charge in [-0.2, -0.15) is 4.98 Å². The summed E-state index contributed by atoms with van der Waals surface area (Å²) >= 11 is 7.29. The largest absolute Gasteiger partial charge is 0.365 e. The van der Waals surface area contributed by atoms with Gasteiger partial charge >= 0.3 is 0 Å². The summed E-state index contributed by atoms with van der Waals surface area (Å²) in [4.78, 5) is 14.7. The highest BCUT2D eigenvalue weighted by molar-refractivity contribution is 7.17. The molecule has 0 atom stereocenters. The van der Waals surface area contributed by atoms with E-state index < -0.39 is 0 Å². The lowest BCUT2D eigenvalue weighted by Crippen LogP contribution is -2.06. The Labute approximate surface area is 172 Å². The van der Waals surface area contributed by atoms with Gasteiger partial charge in [0.15, 0.2) is 0 Å². The summed E-state index contributed by atoms with van der Waals surface area (Å²) in [5, 5.41) is 6.82. The van der Waals surface area contributed by atoms with E-state index in [0.29, 0.717) is 12.5 Å². The number of hydrogen-bond donors (Lipinski definition) is 1. The van der Waals surface area contributed by atoms with Crippen LogP contribution in [-0.4, -0.2) is 19.5 Å². The fourth-order valence-electron chi connectivity index (χ4n) is 3.05. The van der Waals surface area contributed by atoms with E-state index in [1.807, 2.05) is 35.0 Å². The average molecular weight is 410 g/mol. The van der Waals surface area contributed by atoms with Gasteiger partial charge in [-0.3, -0.25) is 4.57 Å². The van der Waals surface area contributed by atoms with E-state index in [1.54, 1.807) is 29.4 Å². The zero-order chi connectivity index (χ0) is 19.2. The van der Waals surface area contributed by atoms with Crippen molar-refractivity contribution in [2.24, 2.45) is 0 Å². The Morgan fingerprint density at radius 3 is 2.86 bits per heavy atom. The van der Waals surface area contributed by atoms with Crippen molar-refractivity contribution in [3.05, 3.63) is 77.2 Å². The molecule has 28 heavy (non-hydrogen) atoms. The second kappa shape index (κ2) is 8.99. The summed E-state index contributed by atoms with van der Waals surface area (Å²) in [6.45, 7) is 0.709. The maximum Gasteiger partial charge on any atom is 0.238 e. The first-order chi connectivity index (χ1) is 13.8.